The monoisotopic (exact) mass is 236 g/mol. The van der Waals surface area contributed by atoms with Crippen molar-refractivity contribution >= 4 is 0 Å². The molecule has 86 valence electrons. The third kappa shape index (κ3) is 2.16. The maximum Gasteiger partial charge on any atom is 0.0701 e. The van der Waals surface area contributed by atoms with E-state index in [-0.39, 0.29) is 35.8 Å². The van der Waals surface area contributed by atoms with Crippen LogP contribution in [0.3, 0.4) is 0 Å². The molecule has 1 heterocycles. The molecule has 3 aromatic rings. The third-order valence-electron chi connectivity index (χ3n) is 2.63. The molecule has 0 radical (unpaired) electrons. The second-order valence-corrected chi connectivity index (χ2v) is 3.79. The molecule has 1 heteroatoms. The van der Waals surface area contributed by atoms with Crippen molar-refractivity contribution in [3.63, 3.8) is 0 Å². The number of aromatic nitrogens is 1. The van der Waals surface area contributed by atoms with Crippen molar-refractivity contribution in [3.8, 4) is 22.4 Å². The van der Waals surface area contributed by atoms with Crippen LogP contribution in [0.5, 0.6) is 0 Å². The summed E-state index contributed by atoms with van der Waals surface area (Å²) in [5, 5.41) is 0. The summed E-state index contributed by atoms with van der Waals surface area (Å²) in [6.07, 6.45) is 1.71. The molecule has 0 fully saturated rings. The Hall–Kier alpha value is -2.41. The summed E-state index contributed by atoms with van der Waals surface area (Å²) < 4.78 is 39.1. The van der Waals surface area contributed by atoms with Crippen LogP contribution >= 0.6 is 0 Å². The first-order valence-electron chi connectivity index (χ1n) is 8.09. The van der Waals surface area contributed by atoms with Crippen molar-refractivity contribution < 1.29 is 6.85 Å². The minimum absolute atomic E-state index is 0.193. The lowest BCUT2D eigenvalue weighted by atomic mass is 10.0. The summed E-state index contributed by atoms with van der Waals surface area (Å²) in [5.41, 5.74) is 2.52. The van der Waals surface area contributed by atoms with Gasteiger partial charge < -0.3 is 0 Å². The molecule has 1 nitrogen and oxygen atoms in total. The van der Waals surface area contributed by atoms with Crippen LogP contribution in [0.4, 0.5) is 0 Å². The van der Waals surface area contributed by atoms with Crippen molar-refractivity contribution in [3.05, 3.63) is 78.9 Å². The van der Waals surface area contributed by atoms with E-state index in [0.717, 1.165) is 11.3 Å². The van der Waals surface area contributed by atoms with Gasteiger partial charge in [-0.25, -0.2) is 0 Å². The fourth-order valence-electron chi connectivity index (χ4n) is 1.74. The molecule has 2 aromatic carbocycles. The summed E-state index contributed by atoms with van der Waals surface area (Å²) in [4.78, 5) is 4.27. The Morgan fingerprint density at radius 2 is 1.44 bits per heavy atom. The molecule has 18 heavy (non-hydrogen) atoms. The summed E-state index contributed by atoms with van der Waals surface area (Å²) >= 11 is 0. The Kier molecular flexibility index (Phi) is 1.75. The molecule has 0 unspecified atom stereocenters. The average Bonchev–Trinajstić information content (AvgIpc) is 2.60. The van der Waals surface area contributed by atoms with Gasteiger partial charge in [0, 0.05) is 11.8 Å². The maximum absolute atomic E-state index is 8.01. The maximum atomic E-state index is 8.01. The number of hydrogen-bond acceptors (Lipinski definition) is 1. The van der Waals surface area contributed by atoms with Gasteiger partial charge in [-0.05, 0) is 23.3 Å². The molecule has 0 saturated carbocycles. The van der Waals surface area contributed by atoms with E-state index in [1.54, 1.807) is 18.3 Å². The van der Waals surface area contributed by atoms with Gasteiger partial charge in [0.15, 0.2) is 0 Å². The molecule has 0 spiro atoms. The van der Waals surface area contributed by atoms with E-state index >= 15 is 0 Å². The number of benzene rings is 2. The highest BCUT2D eigenvalue weighted by Crippen LogP contribution is 2.23. The molecule has 0 saturated heterocycles. The number of hydrogen-bond donors (Lipinski definition) is 0. The number of pyridine rings is 1. The van der Waals surface area contributed by atoms with E-state index in [9.17, 15) is 0 Å². The van der Waals surface area contributed by atoms with Gasteiger partial charge in [-0.3, -0.25) is 4.98 Å². The molecule has 0 aliphatic heterocycles. The summed E-state index contributed by atoms with van der Waals surface area (Å²) in [7, 11) is 0. The third-order valence-corrected chi connectivity index (χ3v) is 2.63. The fourth-order valence-corrected chi connectivity index (χ4v) is 1.74. The minimum Gasteiger partial charge on any atom is -0.256 e. The Bertz CT molecular complexity index is 831. The lowest BCUT2D eigenvalue weighted by Crippen LogP contribution is -1.82. The zero-order valence-corrected chi connectivity index (χ0v) is 9.57. The largest absolute Gasteiger partial charge is 0.256 e. The lowest BCUT2D eigenvalue weighted by Gasteiger charge is -2.04. The van der Waals surface area contributed by atoms with Crippen molar-refractivity contribution in [2.75, 3.05) is 0 Å². The van der Waals surface area contributed by atoms with Gasteiger partial charge in [-0.1, -0.05) is 60.5 Å². The molecular weight excluding hydrogens is 218 g/mol. The second kappa shape index (κ2) is 4.84. The van der Waals surface area contributed by atoms with Crippen molar-refractivity contribution in [2.24, 2.45) is 0 Å². The van der Waals surface area contributed by atoms with E-state index < -0.39 is 0 Å². The van der Waals surface area contributed by atoms with Crippen LogP contribution in [0.25, 0.3) is 22.4 Å². The standard InChI is InChI=1S/C17H13N/c1-2-6-14(7-3-1)15-9-11-16(12-10-15)17-8-4-5-13-18-17/h1-13H/i1D,2D,3D,6D,7D. The zero-order chi connectivity index (χ0) is 16.6. The highest BCUT2D eigenvalue weighted by Gasteiger charge is 1.99. The topological polar surface area (TPSA) is 12.9 Å². The highest BCUT2D eigenvalue weighted by atomic mass is 14.7. The van der Waals surface area contributed by atoms with Crippen LogP contribution in [0.1, 0.15) is 6.85 Å². The predicted octanol–water partition coefficient (Wildman–Crippen LogP) is 4.42. The Balaban J connectivity index is 2.11. The Morgan fingerprint density at radius 1 is 0.722 bits per heavy atom. The second-order valence-electron chi connectivity index (χ2n) is 3.79. The molecular formula is C17H13N. The molecule has 0 aliphatic carbocycles. The minimum atomic E-state index is -0.381. The first-order chi connectivity index (χ1) is 11.0. The quantitative estimate of drug-likeness (QED) is 0.642. The first kappa shape index (κ1) is 6.50. The number of nitrogens with zero attached hydrogens (tertiary/aromatic N) is 1. The van der Waals surface area contributed by atoms with Gasteiger partial charge >= 0.3 is 0 Å². The summed E-state index contributed by atoms with van der Waals surface area (Å²) in [6.45, 7) is 0. The van der Waals surface area contributed by atoms with Gasteiger partial charge in [0.05, 0.1) is 12.5 Å². The van der Waals surface area contributed by atoms with Crippen molar-refractivity contribution in [1.82, 2.24) is 4.98 Å². The van der Waals surface area contributed by atoms with Crippen LogP contribution < -0.4 is 0 Å². The van der Waals surface area contributed by atoms with E-state index in [0.29, 0.717) is 5.56 Å². The average molecular weight is 236 g/mol. The van der Waals surface area contributed by atoms with E-state index in [4.69, 9.17) is 6.85 Å². The summed E-state index contributed by atoms with van der Waals surface area (Å²) in [6, 6.07) is 11.4. The van der Waals surface area contributed by atoms with Crippen LogP contribution in [0, 0.1) is 0 Å². The van der Waals surface area contributed by atoms with E-state index in [1.807, 2.05) is 30.3 Å². The molecule has 0 amide bonds. The Morgan fingerprint density at radius 3 is 2.11 bits per heavy atom. The first-order valence-corrected chi connectivity index (χ1v) is 5.59. The fraction of sp³-hybridized carbons (Fsp3) is 0. The van der Waals surface area contributed by atoms with Crippen LogP contribution in [0.2, 0.25) is 0 Å². The molecule has 0 bridgehead atoms. The zero-order valence-electron chi connectivity index (χ0n) is 14.6. The van der Waals surface area contributed by atoms with Gasteiger partial charge in [0.1, 0.15) is 0 Å². The van der Waals surface area contributed by atoms with Gasteiger partial charge in [-0.2, -0.15) is 0 Å². The highest BCUT2D eigenvalue weighted by molar-refractivity contribution is 5.68. The Labute approximate surface area is 114 Å². The smallest absolute Gasteiger partial charge is 0.0701 e. The molecule has 0 atom stereocenters. The van der Waals surface area contributed by atoms with Crippen molar-refractivity contribution in [1.29, 1.82) is 0 Å². The van der Waals surface area contributed by atoms with Gasteiger partial charge in [0.25, 0.3) is 0 Å². The SMILES string of the molecule is [2H]c1c([2H])c([2H])c(-c2ccc(-c3ccccn3)cc2)c([2H])c1[2H]. The van der Waals surface area contributed by atoms with Gasteiger partial charge in [-0.15, -0.1) is 0 Å². The normalized spacial score (nSPS) is 14.1. The predicted molar refractivity (Wildman–Crippen MR) is 75.1 cm³/mol. The number of rotatable bonds is 2. The van der Waals surface area contributed by atoms with Gasteiger partial charge in [0.2, 0.25) is 0 Å². The van der Waals surface area contributed by atoms with E-state index in [2.05, 4.69) is 4.98 Å². The molecule has 0 aliphatic rings. The lowest BCUT2D eigenvalue weighted by molar-refractivity contribution is 1.33. The van der Waals surface area contributed by atoms with Crippen molar-refractivity contribution in [2.45, 2.75) is 0 Å². The van der Waals surface area contributed by atoms with Crippen LogP contribution in [-0.2, 0) is 0 Å². The molecule has 3 rings (SSSR count). The summed E-state index contributed by atoms with van der Waals surface area (Å²) in [5.74, 6) is 0. The molecule has 1 aromatic heterocycles. The molecule has 0 N–H and O–H groups in total. The van der Waals surface area contributed by atoms with E-state index in [1.165, 1.54) is 0 Å². The van der Waals surface area contributed by atoms with Crippen LogP contribution in [0.15, 0.2) is 78.9 Å². The van der Waals surface area contributed by atoms with Crippen LogP contribution in [-0.4, -0.2) is 4.98 Å².